The highest BCUT2D eigenvalue weighted by Crippen LogP contribution is 2.22. The highest BCUT2D eigenvalue weighted by atomic mass is 35.5. The van der Waals surface area contributed by atoms with Crippen molar-refractivity contribution in [3.05, 3.63) is 53.7 Å². The maximum Gasteiger partial charge on any atom is 0.226 e. The molecule has 21 heavy (non-hydrogen) atoms. The minimum Gasteiger partial charge on any atom is -0.251 e. The molecule has 3 aromatic heterocycles. The molecule has 0 aliphatic carbocycles. The molecular weight excluding hydrogens is 293 g/mol. The summed E-state index contributed by atoms with van der Waals surface area (Å²) in [4.78, 5) is 12.9. The van der Waals surface area contributed by atoms with Crippen molar-refractivity contribution in [2.45, 2.75) is 0 Å². The Hall–Kier alpha value is -2.60. The van der Waals surface area contributed by atoms with E-state index in [0.29, 0.717) is 28.1 Å². The molecule has 7 heteroatoms. The van der Waals surface area contributed by atoms with Crippen LogP contribution < -0.4 is 0 Å². The minimum atomic E-state index is -0.311. The van der Waals surface area contributed by atoms with Gasteiger partial charge in [-0.15, -0.1) is 5.10 Å². The standard InChI is InChI=1S/C14H7ClFN5/c15-14-18-10-2-1-7-17-11(10)13-19-12(20-21(13)14)8-3-5-9(16)6-4-8/h1-7H. The molecule has 0 fully saturated rings. The first-order chi connectivity index (χ1) is 10.2. The number of nitrogens with zero attached hydrogens (tertiary/aromatic N) is 5. The van der Waals surface area contributed by atoms with Gasteiger partial charge >= 0.3 is 0 Å². The maximum absolute atomic E-state index is 13.0. The van der Waals surface area contributed by atoms with E-state index < -0.39 is 0 Å². The fourth-order valence-electron chi connectivity index (χ4n) is 2.12. The third-order valence-corrected chi connectivity index (χ3v) is 3.34. The summed E-state index contributed by atoms with van der Waals surface area (Å²) >= 11 is 6.12. The Labute approximate surface area is 123 Å². The van der Waals surface area contributed by atoms with Gasteiger partial charge < -0.3 is 0 Å². The second-order valence-corrected chi connectivity index (χ2v) is 4.77. The summed E-state index contributed by atoms with van der Waals surface area (Å²) in [5, 5.41) is 4.51. The van der Waals surface area contributed by atoms with Crippen molar-refractivity contribution < 1.29 is 4.39 Å². The van der Waals surface area contributed by atoms with E-state index in [4.69, 9.17) is 11.6 Å². The SMILES string of the molecule is Fc1ccc(-c2nc3c4ncccc4nc(Cl)n3n2)cc1. The first-order valence-electron chi connectivity index (χ1n) is 6.15. The zero-order valence-corrected chi connectivity index (χ0v) is 11.3. The van der Waals surface area contributed by atoms with Crippen LogP contribution in [0, 0.1) is 5.82 Å². The fraction of sp³-hybridized carbons (Fsp3) is 0. The zero-order valence-electron chi connectivity index (χ0n) is 10.5. The molecule has 0 aliphatic rings. The molecule has 3 heterocycles. The van der Waals surface area contributed by atoms with Gasteiger partial charge in [-0.3, -0.25) is 4.98 Å². The second-order valence-electron chi connectivity index (χ2n) is 4.43. The molecule has 0 saturated heterocycles. The Morgan fingerprint density at radius 1 is 1.05 bits per heavy atom. The van der Waals surface area contributed by atoms with Crippen LogP contribution in [0.2, 0.25) is 5.28 Å². The van der Waals surface area contributed by atoms with Gasteiger partial charge in [-0.05, 0) is 48.0 Å². The Kier molecular flexibility index (Phi) is 2.58. The molecule has 102 valence electrons. The Morgan fingerprint density at radius 2 is 1.86 bits per heavy atom. The normalized spacial score (nSPS) is 11.3. The predicted molar refractivity (Wildman–Crippen MR) is 76.5 cm³/mol. The van der Waals surface area contributed by atoms with E-state index in [1.807, 2.05) is 0 Å². The summed E-state index contributed by atoms with van der Waals surface area (Å²) in [6.45, 7) is 0. The molecule has 5 nitrogen and oxygen atoms in total. The summed E-state index contributed by atoms with van der Waals surface area (Å²) in [5.74, 6) is 0.131. The molecular formula is C14H7ClFN5. The molecule has 0 radical (unpaired) electrons. The van der Waals surface area contributed by atoms with Crippen molar-refractivity contribution in [3.63, 3.8) is 0 Å². The van der Waals surface area contributed by atoms with E-state index in [2.05, 4.69) is 20.1 Å². The summed E-state index contributed by atoms with van der Waals surface area (Å²) < 4.78 is 14.4. The number of hydrogen-bond acceptors (Lipinski definition) is 4. The van der Waals surface area contributed by atoms with Crippen LogP contribution in [0.15, 0.2) is 42.6 Å². The third kappa shape index (κ3) is 1.92. The monoisotopic (exact) mass is 299 g/mol. The smallest absolute Gasteiger partial charge is 0.226 e. The molecule has 0 saturated carbocycles. The molecule has 0 amide bonds. The molecule has 0 unspecified atom stereocenters. The molecule has 1 aromatic carbocycles. The number of fused-ring (bicyclic) bond motifs is 3. The van der Waals surface area contributed by atoms with Gasteiger partial charge in [-0.25, -0.2) is 14.4 Å². The van der Waals surface area contributed by atoms with Crippen LogP contribution in [-0.2, 0) is 0 Å². The lowest BCUT2D eigenvalue weighted by atomic mass is 10.2. The number of pyridine rings is 1. The lowest BCUT2D eigenvalue weighted by Gasteiger charge is -1.98. The number of hydrogen-bond donors (Lipinski definition) is 0. The van der Waals surface area contributed by atoms with Gasteiger partial charge in [0.1, 0.15) is 11.3 Å². The lowest BCUT2D eigenvalue weighted by molar-refractivity contribution is 0.628. The Morgan fingerprint density at radius 3 is 2.67 bits per heavy atom. The first kappa shape index (κ1) is 12.2. The van der Waals surface area contributed by atoms with E-state index in [-0.39, 0.29) is 11.1 Å². The van der Waals surface area contributed by atoms with Gasteiger partial charge in [0, 0.05) is 11.8 Å². The van der Waals surface area contributed by atoms with Crippen molar-refractivity contribution in [2.24, 2.45) is 0 Å². The van der Waals surface area contributed by atoms with E-state index >= 15 is 0 Å². The molecule has 0 aliphatic heterocycles. The maximum atomic E-state index is 13.0. The topological polar surface area (TPSA) is 56.0 Å². The highest BCUT2D eigenvalue weighted by molar-refractivity contribution is 6.29. The summed E-state index contributed by atoms with van der Waals surface area (Å²) in [7, 11) is 0. The number of benzene rings is 1. The number of halogens is 2. The molecule has 0 bridgehead atoms. The van der Waals surface area contributed by atoms with Gasteiger partial charge in [0.2, 0.25) is 5.28 Å². The van der Waals surface area contributed by atoms with Gasteiger partial charge in [0.05, 0.1) is 5.52 Å². The van der Waals surface area contributed by atoms with Gasteiger partial charge in [-0.2, -0.15) is 4.52 Å². The quantitative estimate of drug-likeness (QED) is 0.507. The minimum absolute atomic E-state index is 0.200. The van der Waals surface area contributed by atoms with Crippen LogP contribution in [-0.4, -0.2) is 24.6 Å². The Bertz CT molecular complexity index is 964. The number of rotatable bonds is 1. The molecule has 0 atom stereocenters. The van der Waals surface area contributed by atoms with Gasteiger partial charge in [0.25, 0.3) is 0 Å². The molecule has 0 spiro atoms. The van der Waals surface area contributed by atoms with Crippen LogP contribution in [0.25, 0.3) is 28.1 Å². The fourth-order valence-corrected chi connectivity index (χ4v) is 2.33. The van der Waals surface area contributed by atoms with Gasteiger partial charge in [0.15, 0.2) is 11.5 Å². The van der Waals surface area contributed by atoms with Crippen molar-refractivity contribution >= 4 is 28.3 Å². The van der Waals surface area contributed by atoms with Gasteiger partial charge in [-0.1, -0.05) is 0 Å². The van der Waals surface area contributed by atoms with Crippen LogP contribution >= 0.6 is 11.6 Å². The zero-order chi connectivity index (χ0) is 14.4. The van der Waals surface area contributed by atoms with E-state index in [9.17, 15) is 4.39 Å². The molecule has 4 rings (SSSR count). The van der Waals surface area contributed by atoms with Crippen LogP contribution in [0.5, 0.6) is 0 Å². The van der Waals surface area contributed by atoms with Crippen molar-refractivity contribution in [1.29, 1.82) is 0 Å². The first-order valence-corrected chi connectivity index (χ1v) is 6.53. The molecule has 0 N–H and O–H groups in total. The van der Waals surface area contributed by atoms with Crippen LogP contribution in [0.4, 0.5) is 4.39 Å². The van der Waals surface area contributed by atoms with E-state index in [1.54, 1.807) is 30.5 Å². The third-order valence-electron chi connectivity index (χ3n) is 3.10. The average molecular weight is 300 g/mol. The second kappa shape index (κ2) is 4.46. The average Bonchev–Trinajstić information content (AvgIpc) is 2.94. The van der Waals surface area contributed by atoms with E-state index in [1.165, 1.54) is 16.6 Å². The van der Waals surface area contributed by atoms with Crippen molar-refractivity contribution in [3.8, 4) is 11.4 Å². The summed E-state index contributed by atoms with van der Waals surface area (Å²) in [6, 6.07) is 9.52. The largest absolute Gasteiger partial charge is 0.251 e. The van der Waals surface area contributed by atoms with Crippen LogP contribution in [0.1, 0.15) is 0 Å². The highest BCUT2D eigenvalue weighted by Gasteiger charge is 2.13. The van der Waals surface area contributed by atoms with Crippen molar-refractivity contribution in [2.75, 3.05) is 0 Å². The summed E-state index contributed by atoms with van der Waals surface area (Å²) in [6.07, 6.45) is 1.66. The summed E-state index contributed by atoms with van der Waals surface area (Å²) in [5.41, 5.74) is 2.47. The van der Waals surface area contributed by atoms with Crippen molar-refractivity contribution in [1.82, 2.24) is 24.6 Å². The predicted octanol–water partition coefficient (Wildman–Crippen LogP) is 3.13. The Balaban J connectivity index is 2.03. The van der Waals surface area contributed by atoms with E-state index in [0.717, 1.165) is 0 Å². The number of aromatic nitrogens is 5. The van der Waals surface area contributed by atoms with Crippen LogP contribution in [0.3, 0.4) is 0 Å². The molecule has 4 aromatic rings. The lowest BCUT2D eigenvalue weighted by Crippen LogP contribution is -1.95.